The van der Waals surface area contributed by atoms with E-state index in [0.29, 0.717) is 10.7 Å². The maximum absolute atomic E-state index is 10.3. The third-order valence-corrected chi connectivity index (χ3v) is 3.44. The van der Waals surface area contributed by atoms with Crippen molar-refractivity contribution in [2.45, 2.75) is 6.92 Å². The normalized spacial score (nSPS) is 14.9. The Morgan fingerprint density at radius 1 is 1.13 bits per heavy atom. The Morgan fingerprint density at radius 2 is 1.83 bits per heavy atom. The maximum atomic E-state index is 10.3. The Kier molecular flexibility index (Phi) is 4.25. The first-order chi connectivity index (χ1) is 11.1. The van der Waals surface area contributed by atoms with E-state index in [1.165, 1.54) is 5.12 Å². The molecule has 0 spiro atoms. The van der Waals surface area contributed by atoms with Gasteiger partial charge in [0.1, 0.15) is 12.0 Å². The summed E-state index contributed by atoms with van der Waals surface area (Å²) in [4.78, 5) is 8.15. The maximum Gasteiger partial charge on any atom is 0.250 e. The number of pyridine rings is 1. The van der Waals surface area contributed by atoms with Crippen LogP contribution >= 0.6 is 11.6 Å². The molecular weight excluding hydrogens is 314 g/mol. The summed E-state index contributed by atoms with van der Waals surface area (Å²) >= 11 is 5.87. The van der Waals surface area contributed by atoms with Crippen molar-refractivity contribution in [1.82, 2.24) is 10.1 Å². The fourth-order valence-corrected chi connectivity index (χ4v) is 2.07. The zero-order chi connectivity index (χ0) is 16.2. The average molecular weight is 328 g/mol. The molecule has 0 atom stereocenters. The Balaban J connectivity index is 1.92. The molecule has 2 heterocycles. The average Bonchev–Trinajstić information content (AvgIpc) is 2.58. The van der Waals surface area contributed by atoms with Crippen LogP contribution in [0.4, 0.5) is 5.69 Å². The topological polar surface area (TPSA) is 64.3 Å². The van der Waals surface area contributed by atoms with E-state index in [-0.39, 0.29) is 5.88 Å². The van der Waals surface area contributed by atoms with E-state index in [1.54, 1.807) is 61.1 Å². The van der Waals surface area contributed by atoms with E-state index in [9.17, 15) is 5.11 Å². The van der Waals surface area contributed by atoms with Crippen molar-refractivity contribution in [2.75, 3.05) is 5.01 Å². The summed E-state index contributed by atoms with van der Waals surface area (Å²) in [6, 6.07) is 10.8. The first-order valence-electron chi connectivity index (χ1n) is 6.88. The number of allylic oxidation sites excluding steroid dienone is 1. The standard InChI is InChI=1S/C16H14ClN5O/c1-12-16(23)22(20-10-13-2-4-14(17)5-3-13)21(11-19-12)15-6-8-18-9-7-15/h2-11,23H,1H3. The summed E-state index contributed by atoms with van der Waals surface area (Å²) in [5.41, 5.74) is 2.11. The van der Waals surface area contributed by atoms with Gasteiger partial charge in [-0.2, -0.15) is 5.10 Å². The lowest BCUT2D eigenvalue weighted by molar-refractivity contribution is 0.205. The number of hydrogen-bond donors (Lipinski definition) is 1. The Morgan fingerprint density at radius 3 is 2.52 bits per heavy atom. The molecule has 1 aliphatic heterocycles. The number of aliphatic imine (C=N–C) groups is 1. The van der Waals surface area contributed by atoms with Crippen LogP contribution in [0, 0.1) is 0 Å². The summed E-state index contributed by atoms with van der Waals surface area (Å²) in [5, 5.41) is 18.3. The second kappa shape index (κ2) is 6.50. The molecule has 2 aromatic rings. The third-order valence-electron chi connectivity index (χ3n) is 3.19. The molecule has 23 heavy (non-hydrogen) atoms. The summed E-state index contributed by atoms with van der Waals surface area (Å²) in [6.45, 7) is 1.71. The van der Waals surface area contributed by atoms with Crippen LogP contribution in [0.3, 0.4) is 0 Å². The van der Waals surface area contributed by atoms with E-state index in [2.05, 4.69) is 15.1 Å². The molecule has 1 aromatic carbocycles. The zero-order valence-electron chi connectivity index (χ0n) is 12.3. The number of anilines is 1. The monoisotopic (exact) mass is 327 g/mol. The van der Waals surface area contributed by atoms with Gasteiger partial charge in [-0.15, -0.1) is 5.12 Å². The molecule has 0 saturated carbocycles. The highest BCUT2D eigenvalue weighted by atomic mass is 35.5. The van der Waals surface area contributed by atoms with Crippen LogP contribution in [-0.2, 0) is 0 Å². The number of aromatic nitrogens is 1. The van der Waals surface area contributed by atoms with Crippen LogP contribution in [-0.4, -0.2) is 27.8 Å². The second-order valence-electron chi connectivity index (χ2n) is 4.79. The first kappa shape index (κ1) is 15.1. The van der Waals surface area contributed by atoms with Crippen LogP contribution in [0.25, 0.3) is 0 Å². The van der Waals surface area contributed by atoms with Gasteiger partial charge in [-0.25, -0.2) is 10.0 Å². The van der Waals surface area contributed by atoms with Gasteiger partial charge in [0.05, 0.1) is 11.9 Å². The number of aliphatic hydroxyl groups excluding tert-OH is 1. The van der Waals surface area contributed by atoms with E-state index in [0.717, 1.165) is 11.3 Å². The van der Waals surface area contributed by atoms with Crippen molar-refractivity contribution in [3.05, 3.63) is 71.0 Å². The Hall–Kier alpha value is -2.86. The number of hydrogen-bond acceptors (Lipinski definition) is 6. The second-order valence-corrected chi connectivity index (χ2v) is 5.23. The van der Waals surface area contributed by atoms with Gasteiger partial charge in [0.2, 0.25) is 0 Å². The first-order valence-corrected chi connectivity index (χ1v) is 7.26. The molecular formula is C16H14ClN5O. The summed E-state index contributed by atoms with van der Waals surface area (Å²) in [6.07, 6.45) is 6.54. The minimum absolute atomic E-state index is 0.0467. The SMILES string of the molecule is CC1=C(O)N(N=Cc2ccc(Cl)cc2)N(c2ccncc2)C=N1. The van der Waals surface area contributed by atoms with Gasteiger partial charge in [0.15, 0.2) is 0 Å². The molecule has 0 saturated heterocycles. The lowest BCUT2D eigenvalue weighted by Crippen LogP contribution is -2.40. The summed E-state index contributed by atoms with van der Waals surface area (Å²) in [5.74, 6) is -0.0467. The Labute approximate surface area is 138 Å². The lowest BCUT2D eigenvalue weighted by Gasteiger charge is -2.32. The fraction of sp³-hybridized carbons (Fsp3) is 0.0625. The van der Waals surface area contributed by atoms with Crippen LogP contribution in [0.15, 0.2) is 70.5 Å². The fourth-order valence-electron chi connectivity index (χ4n) is 1.95. The van der Waals surface area contributed by atoms with Gasteiger partial charge in [0, 0.05) is 17.4 Å². The largest absolute Gasteiger partial charge is 0.491 e. The predicted octanol–water partition coefficient (Wildman–Crippen LogP) is 3.58. The number of nitrogens with zero attached hydrogens (tertiary/aromatic N) is 5. The van der Waals surface area contributed by atoms with Crippen LogP contribution in [0.2, 0.25) is 5.02 Å². The van der Waals surface area contributed by atoms with E-state index >= 15 is 0 Å². The number of halogens is 1. The van der Waals surface area contributed by atoms with E-state index in [1.807, 2.05) is 12.1 Å². The van der Waals surface area contributed by atoms with E-state index < -0.39 is 0 Å². The van der Waals surface area contributed by atoms with Gasteiger partial charge in [-0.05, 0) is 36.8 Å². The number of hydrazine groups is 1. The summed E-state index contributed by atoms with van der Waals surface area (Å²) < 4.78 is 0. The van der Waals surface area contributed by atoms with Crippen molar-refractivity contribution in [2.24, 2.45) is 10.1 Å². The quantitative estimate of drug-likeness (QED) is 0.875. The molecule has 0 aliphatic carbocycles. The molecule has 1 aliphatic rings. The van der Waals surface area contributed by atoms with Crippen molar-refractivity contribution in [3.8, 4) is 0 Å². The highest BCUT2D eigenvalue weighted by Crippen LogP contribution is 2.22. The molecule has 0 unspecified atom stereocenters. The van der Waals surface area contributed by atoms with Crippen LogP contribution in [0.5, 0.6) is 0 Å². The van der Waals surface area contributed by atoms with Crippen molar-refractivity contribution in [3.63, 3.8) is 0 Å². The van der Waals surface area contributed by atoms with Gasteiger partial charge in [-0.1, -0.05) is 23.7 Å². The van der Waals surface area contributed by atoms with Crippen molar-refractivity contribution < 1.29 is 5.11 Å². The molecule has 1 aromatic heterocycles. The minimum Gasteiger partial charge on any atom is -0.491 e. The molecule has 0 amide bonds. The molecule has 3 rings (SSSR count). The highest BCUT2D eigenvalue weighted by Gasteiger charge is 2.22. The molecule has 116 valence electrons. The minimum atomic E-state index is -0.0467. The number of rotatable bonds is 3. The Bertz CT molecular complexity index is 771. The number of benzene rings is 1. The number of aliphatic hydroxyl groups is 1. The van der Waals surface area contributed by atoms with Gasteiger partial charge in [-0.3, -0.25) is 4.98 Å². The molecule has 7 heteroatoms. The molecule has 6 nitrogen and oxygen atoms in total. The van der Waals surface area contributed by atoms with Gasteiger partial charge < -0.3 is 5.11 Å². The van der Waals surface area contributed by atoms with Gasteiger partial charge >= 0.3 is 0 Å². The van der Waals surface area contributed by atoms with Crippen molar-refractivity contribution in [1.29, 1.82) is 0 Å². The third kappa shape index (κ3) is 3.32. The van der Waals surface area contributed by atoms with Gasteiger partial charge in [0.25, 0.3) is 5.88 Å². The molecule has 0 bridgehead atoms. The predicted molar refractivity (Wildman–Crippen MR) is 91.4 cm³/mol. The highest BCUT2D eigenvalue weighted by molar-refractivity contribution is 6.30. The molecule has 1 N–H and O–H groups in total. The zero-order valence-corrected chi connectivity index (χ0v) is 13.1. The lowest BCUT2D eigenvalue weighted by atomic mass is 10.2. The van der Waals surface area contributed by atoms with Crippen molar-refractivity contribution >= 4 is 29.8 Å². The number of hydrazone groups is 1. The summed E-state index contributed by atoms with van der Waals surface area (Å²) in [7, 11) is 0. The molecule has 0 radical (unpaired) electrons. The van der Waals surface area contributed by atoms with E-state index in [4.69, 9.17) is 11.6 Å². The smallest absolute Gasteiger partial charge is 0.250 e. The van der Waals surface area contributed by atoms with Crippen LogP contribution in [0.1, 0.15) is 12.5 Å². The van der Waals surface area contributed by atoms with Crippen LogP contribution < -0.4 is 5.01 Å². The molecule has 0 fully saturated rings.